The van der Waals surface area contributed by atoms with Crippen LogP contribution in [0.5, 0.6) is 0 Å². The second-order valence-electron chi connectivity index (χ2n) is 4.40. The summed E-state index contributed by atoms with van der Waals surface area (Å²) in [5.41, 5.74) is 0.702. The van der Waals surface area contributed by atoms with E-state index in [1.54, 1.807) is 25.1 Å². The maximum atomic E-state index is 12.3. The van der Waals surface area contributed by atoms with E-state index in [0.717, 1.165) is 4.88 Å². The van der Waals surface area contributed by atoms with Crippen molar-refractivity contribution in [2.24, 2.45) is 0 Å². The second kappa shape index (κ2) is 7.13. The number of esters is 1. The van der Waals surface area contributed by atoms with Gasteiger partial charge in [0.25, 0.3) is 5.91 Å². The molecule has 0 saturated carbocycles. The van der Waals surface area contributed by atoms with Crippen LogP contribution in [-0.4, -0.2) is 18.5 Å². The van der Waals surface area contributed by atoms with Gasteiger partial charge in [-0.25, -0.2) is 4.79 Å². The first-order valence-corrected chi connectivity index (χ1v) is 8.03. The summed E-state index contributed by atoms with van der Waals surface area (Å²) in [5.74, 6) is -0.831. The molecule has 1 heterocycles. The van der Waals surface area contributed by atoms with Gasteiger partial charge in [0.05, 0.1) is 22.2 Å². The standard InChI is InChI=1S/C15H13Cl2NO3S/c1-3-21-15(20)10-6-8(2)22-14(10)18-13(19)9-4-5-11(16)12(17)7-9/h4-7H,3H2,1-2H3,(H,18,19). The summed E-state index contributed by atoms with van der Waals surface area (Å²) >= 11 is 13.0. The Balaban J connectivity index is 2.24. The quantitative estimate of drug-likeness (QED) is 0.800. The zero-order valence-corrected chi connectivity index (χ0v) is 14.2. The van der Waals surface area contributed by atoms with Gasteiger partial charge >= 0.3 is 5.97 Å². The SMILES string of the molecule is CCOC(=O)c1cc(C)sc1NC(=O)c1ccc(Cl)c(Cl)c1. The maximum Gasteiger partial charge on any atom is 0.341 e. The maximum absolute atomic E-state index is 12.3. The molecule has 0 bridgehead atoms. The smallest absolute Gasteiger partial charge is 0.341 e. The summed E-state index contributed by atoms with van der Waals surface area (Å²) in [4.78, 5) is 25.0. The van der Waals surface area contributed by atoms with Crippen molar-refractivity contribution in [1.29, 1.82) is 0 Å². The van der Waals surface area contributed by atoms with Crippen LogP contribution >= 0.6 is 34.5 Å². The van der Waals surface area contributed by atoms with Gasteiger partial charge in [-0.2, -0.15) is 0 Å². The Hall–Kier alpha value is -1.56. The molecule has 0 aliphatic heterocycles. The molecule has 0 aliphatic carbocycles. The van der Waals surface area contributed by atoms with E-state index in [2.05, 4.69) is 5.32 Å². The molecule has 0 saturated heterocycles. The van der Waals surface area contributed by atoms with Crippen molar-refractivity contribution in [3.8, 4) is 0 Å². The zero-order chi connectivity index (χ0) is 16.3. The highest BCUT2D eigenvalue weighted by atomic mass is 35.5. The van der Waals surface area contributed by atoms with Crippen molar-refractivity contribution in [3.05, 3.63) is 50.3 Å². The van der Waals surface area contributed by atoms with Gasteiger partial charge in [-0.1, -0.05) is 23.2 Å². The van der Waals surface area contributed by atoms with E-state index in [0.29, 0.717) is 26.2 Å². The summed E-state index contributed by atoms with van der Waals surface area (Å²) in [7, 11) is 0. The van der Waals surface area contributed by atoms with Crippen LogP contribution in [0.2, 0.25) is 10.0 Å². The topological polar surface area (TPSA) is 55.4 Å². The summed E-state index contributed by atoms with van der Waals surface area (Å²) in [6.07, 6.45) is 0. The number of hydrogen-bond donors (Lipinski definition) is 1. The van der Waals surface area contributed by atoms with Crippen LogP contribution in [0.1, 0.15) is 32.5 Å². The van der Waals surface area contributed by atoms with Crippen molar-refractivity contribution in [3.63, 3.8) is 0 Å². The Morgan fingerprint density at radius 2 is 1.95 bits per heavy atom. The molecule has 7 heteroatoms. The number of ether oxygens (including phenoxy) is 1. The summed E-state index contributed by atoms with van der Waals surface area (Å²) < 4.78 is 4.98. The van der Waals surface area contributed by atoms with Gasteiger partial charge < -0.3 is 10.1 Å². The molecule has 4 nitrogen and oxygen atoms in total. The van der Waals surface area contributed by atoms with Crippen LogP contribution in [-0.2, 0) is 4.74 Å². The fourth-order valence-electron chi connectivity index (χ4n) is 1.78. The van der Waals surface area contributed by atoms with E-state index in [1.807, 2.05) is 6.92 Å². The minimum atomic E-state index is -0.462. The molecule has 1 N–H and O–H groups in total. The molecule has 2 rings (SSSR count). The van der Waals surface area contributed by atoms with E-state index in [9.17, 15) is 9.59 Å². The Morgan fingerprint density at radius 1 is 1.23 bits per heavy atom. The molecule has 1 aromatic heterocycles. The highest BCUT2D eigenvalue weighted by Gasteiger charge is 2.18. The minimum Gasteiger partial charge on any atom is -0.462 e. The molecular formula is C15H13Cl2NO3S. The average molecular weight is 358 g/mol. The van der Waals surface area contributed by atoms with Crippen molar-refractivity contribution >= 4 is 51.4 Å². The van der Waals surface area contributed by atoms with Gasteiger partial charge in [0, 0.05) is 10.4 Å². The Bertz CT molecular complexity index is 728. The van der Waals surface area contributed by atoms with Crippen LogP contribution in [0.25, 0.3) is 0 Å². The molecule has 116 valence electrons. The third-order valence-electron chi connectivity index (χ3n) is 2.76. The normalized spacial score (nSPS) is 10.4. The first-order valence-electron chi connectivity index (χ1n) is 6.46. The molecule has 0 atom stereocenters. The summed E-state index contributed by atoms with van der Waals surface area (Å²) in [6.45, 7) is 3.85. The number of benzene rings is 1. The minimum absolute atomic E-state index is 0.272. The lowest BCUT2D eigenvalue weighted by Crippen LogP contribution is -2.14. The molecule has 22 heavy (non-hydrogen) atoms. The number of carbonyl (C=O) groups excluding carboxylic acids is 2. The Kier molecular flexibility index (Phi) is 5.45. The van der Waals surface area contributed by atoms with Crippen LogP contribution in [0.15, 0.2) is 24.3 Å². The third kappa shape index (κ3) is 3.80. The Labute approximate surface area is 142 Å². The number of nitrogens with one attached hydrogen (secondary N) is 1. The number of amides is 1. The number of hydrogen-bond acceptors (Lipinski definition) is 4. The van der Waals surface area contributed by atoms with E-state index in [4.69, 9.17) is 27.9 Å². The molecule has 0 fully saturated rings. The molecule has 0 spiro atoms. The Morgan fingerprint density at radius 3 is 2.59 bits per heavy atom. The van der Waals surface area contributed by atoms with Gasteiger partial charge in [-0.3, -0.25) is 4.79 Å². The lowest BCUT2D eigenvalue weighted by molar-refractivity contribution is 0.0528. The number of carbonyl (C=O) groups is 2. The fourth-order valence-corrected chi connectivity index (χ4v) is 2.97. The van der Waals surface area contributed by atoms with Gasteiger partial charge in [-0.05, 0) is 38.1 Å². The molecule has 0 unspecified atom stereocenters. The van der Waals surface area contributed by atoms with E-state index < -0.39 is 5.97 Å². The molecule has 0 aliphatic rings. The fraction of sp³-hybridized carbons (Fsp3) is 0.200. The van der Waals surface area contributed by atoms with E-state index in [-0.39, 0.29) is 12.5 Å². The summed E-state index contributed by atoms with van der Waals surface area (Å²) in [6, 6.07) is 6.27. The largest absolute Gasteiger partial charge is 0.462 e. The predicted molar refractivity (Wildman–Crippen MR) is 89.4 cm³/mol. The highest BCUT2D eigenvalue weighted by molar-refractivity contribution is 7.16. The van der Waals surface area contributed by atoms with Crippen LogP contribution in [0, 0.1) is 6.92 Å². The van der Waals surface area contributed by atoms with Gasteiger partial charge in [-0.15, -0.1) is 11.3 Å². The van der Waals surface area contributed by atoms with Crippen LogP contribution < -0.4 is 5.32 Å². The van der Waals surface area contributed by atoms with Crippen LogP contribution in [0.4, 0.5) is 5.00 Å². The van der Waals surface area contributed by atoms with Crippen molar-refractivity contribution in [1.82, 2.24) is 0 Å². The number of aryl methyl sites for hydroxylation is 1. The molecule has 1 aromatic carbocycles. The van der Waals surface area contributed by atoms with Gasteiger partial charge in [0.1, 0.15) is 5.00 Å². The predicted octanol–water partition coefficient (Wildman–Crippen LogP) is 4.79. The molecule has 0 radical (unpaired) electrons. The van der Waals surface area contributed by atoms with Crippen LogP contribution in [0.3, 0.4) is 0 Å². The van der Waals surface area contributed by atoms with E-state index in [1.165, 1.54) is 17.4 Å². The molecular weight excluding hydrogens is 345 g/mol. The average Bonchev–Trinajstić information content (AvgIpc) is 2.83. The summed E-state index contributed by atoms with van der Waals surface area (Å²) in [5, 5.41) is 3.83. The highest BCUT2D eigenvalue weighted by Crippen LogP contribution is 2.29. The number of anilines is 1. The number of rotatable bonds is 4. The third-order valence-corrected chi connectivity index (χ3v) is 4.46. The lowest BCUT2D eigenvalue weighted by atomic mass is 10.2. The van der Waals surface area contributed by atoms with Crippen molar-refractivity contribution < 1.29 is 14.3 Å². The van der Waals surface area contributed by atoms with E-state index >= 15 is 0 Å². The monoisotopic (exact) mass is 357 g/mol. The molecule has 2 aromatic rings. The zero-order valence-electron chi connectivity index (χ0n) is 11.9. The first-order chi connectivity index (χ1) is 10.4. The number of thiophene rings is 1. The molecule has 1 amide bonds. The van der Waals surface area contributed by atoms with Crippen molar-refractivity contribution in [2.45, 2.75) is 13.8 Å². The van der Waals surface area contributed by atoms with Gasteiger partial charge in [0.2, 0.25) is 0 Å². The first kappa shape index (κ1) is 16.8. The number of halogens is 2. The van der Waals surface area contributed by atoms with Crippen molar-refractivity contribution in [2.75, 3.05) is 11.9 Å². The second-order valence-corrected chi connectivity index (χ2v) is 6.47. The van der Waals surface area contributed by atoms with Gasteiger partial charge in [0.15, 0.2) is 0 Å². The lowest BCUT2D eigenvalue weighted by Gasteiger charge is -2.07.